The van der Waals surface area contributed by atoms with Gasteiger partial charge in [0.1, 0.15) is 6.04 Å². The van der Waals surface area contributed by atoms with Crippen LogP contribution in [-0.4, -0.2) is 40.1 Å². The van der Waals surface area contributed by atoms with Gasteiger partial charge in [0.15, 0.2) is 0 Å². The molecule has 1 fully saturated rings. The van der Waals surface area contributed by atoms with Crippen molar-refractivity contribution in [2.75, 3.05) is 0 Å². The summed E-state index contributed by atoms with van der Waals surface area (Å²) in [6, 6.07) is -0.542. The van der Waals surface area contributed by atoms with E-state index in [2.05, 4.69) is 12.2 Å². The molecule has 0 radical (unpaired) electrons. The molecule has 0 aromatic rings. The molecule has 1 aliphatic heterocycles. The van der Waals surface area contributed by atoms with Gasteiger partial charge in [-0.15, -0.1) is 0 Å². The van der Waals surface area contributed by atoms with Gasteiger partial charge in [0.2, 0.25) is 0 Å². The predicted octanol–water partition coefficient (Wildman–Crippen LogP) is 2.60. The van der Waals surface area contributed by atoms with Crippen LogP contribution in [0.3, 0.4) is 0 Å². The third kappa shape index (κ3) is 4.11. The first-order valence-electron chi connectivity index (χ1n) is 7.32. The van der Waals surface area contributed by atoms with Crippen LogP contribution in [-0.2, 0) is 4.79 Å². The molecule has 0 bridgehead atoms. The van der Waals surface area contributed by atoms with Crippen LogP contribution < -0.4 is 5.32 Å². The standard InChI is InChI=1S/C14H26N2O3/c1-4-6-7-12(13(17)18)15-14(19)16-10(3)8-9-11(16)5-2/h10-12H,4-9H2,1-3H3,(H,15,19)(H,17,18)/t10?,11?,12-/m0/s1. The second kappa shape index (κ2) is 7.36. The Labute approximate surface area is 115 Å². The Morgan fingerprint density at radius 3 is 2.58 bits per heavy atom. The minimum absolute atomic E-state index is 0.200. The van der Waals surface area contributed by atoms with Gasteiger partial charge in [-0.1, -0.05) is 26.7 Å². The number of nitrogens with zero attached hydrogens (tertiary/aromatic N) is 1. The van der Waals surface area contributed by atoms with E-state index in [1.165, 1.54) is 0 Å². The summed E-state index contributed by atoms with van der Waals surface area (Å²) >= 11 is 0. The number of nitrogens with one attached hydrogen (secondary N) is 1. The zero-order chi connectivity index (χ0) is 14.4. The molecule has 1 saturated heterocycles. The topological polar surface area (TPSA) is 69.6 Å². The summed E-state index contributed by atoms with van der Waals surface area (Å²) in [6.45, 7) is 6.10. The molecule has 0 saturated carbocycles. The molecule has 110 valence electrons. The third-order valence-electron chi connectivity index (χ3n) is 3.93. The van der Waals surface area contributed by atoms with Gasteiger partial charge < -0.3 is 15.3 Å². The van der Waals surface area contributed by atoms with Crippen molar-refractivity contribution in [3.05, 3.63) is 0 Å². The molecule has 2 unspecified atom stereocenters. The number of carboxylic acid groups (broad SMARTS) is 1. The highest BCUT2D eigenvalue weighted by Gasteiger charge is 2.34. The SMILES string of the molecule is CCCC[C@H](NC(=O)N1C(C)CCC1CC)C(=O)O. The van der Waals surface area contributed by atoms with Crippen LogP contribution in [0.4, 0.5) is 4.79 Å². The van der Waals surface area contributed by atoms with E-state index in [0.717, 1.165) is 32.1 Å². The number of hydrogen-bond acceptors (Lipinski definition) is 2. The zero-order valence-corrected chi connectivity index (χ0v) is 12.2. The number of rotatable bonds is 6. The van der Waals surface area contributed by atoms with Crippen LogP contribution in [0.2, 0.25) is 0 Å². The summed E-state index contributed by atoms with van der Waals surface area (Å²) in [5.74, 6) is -0.943. The molecule has 1 rings (SSSR count). The molecular weight excluding hydrogens is 244 g/mol. The van der Waals surface area contributed by atoms with Gasteiger partial charge in [0.25, 0.3) is 0 Å². The highest BCUT2D eigenvalue weighted by Crippen LogP contribution is 2.26. The van der Waals surface area contributed by atoms with Gasteiger partial charge in [-0.05, 0) is 32.6 Å². The van der Waals surface area contributed by atoms with Gasteiger partial charge in [0, 0.05) is 12.1 Å². The van der Waals surface area contributed by atoms with Crippen molar-refractivity contribution in [1.29, 1.82) is 0 Å². The van der Waals surface area contributed by atoms with Crippen molar-refractivity contribution in [3.63, 3.8) is 0 Å². The lowest BCUT2D eigenvalue weighted by Crippen LogP contribution is -2.51. The third-order valence-corrected chi connectivity index (χ3v) is 3.93. The van der Waals surface area contributed by atoms with Crippen molar-refractivity contribution in [3.8, 4) is 0 Å². The van der Waals surface area contributed by atoms with Crippen LogP contribution in [0.15, 0.2) is 0 Å². The lowest BCUT2D eigenvalue weighted by atomic mass is 10.1. The molecule has 1 aliphatic rings. The first-order valence-corrected chi connectivity index (χ1v) is 7.32. The first kappa shape index (κ1) is 15.8. The van der Waals surface area contributed by atoms with E-state index in [1.54, 1.807) is 0 Å². The van der Waals surface area contributed by atoms with E-state index in [1.807, 2.05) is 18.7 Å². The summed E-state index contributed by atoms with van der Waals surface area (Å²) in [5.41, 5.74) is 0. The maximum atomic E-state index is 12.3. The van der Waals surface area contributed by atoms with Crippen molar-refractivity contribution in [2.45, 2.75) is 77.4 Å². The zero-order valence-electron chi connectivity index (χ0n) is 12.2. The predicted molar refractivity (Wildman–Crippen MR) is 74.1 cm³/mol. The molecule has 2 amide bonds. The molecule has 2 N–H and O–H groups in total. The normalized spacial score (nSPS) is 24.3. The molecular formula is C14H26N2O3. The van der Waals surface area contributed by atoms with Gasteiger partial charge in [-0.2, -0.15) is 0 Å². The maximum Gasteiger partial charge on any atom is 0.326 e. The average Bonchev–Trinajstić information content (AvgIpc) is 2.75. The number of hydrogen-bond donors (Lipinski definition) is 2. The number of likely N-dealkylation sites (tertiary alicyclic amines) is 1. The largest absolute Gasteiger partial charge is 0.480 e. The molecule has 0 aliphatic carbocycles. The molecule has 0 aromatic carbocycles. The maximum absolute atomic E-state index is 12.3. The summed E-state index contributed by atoms with van der Waals surface area (Å²) in [6.07, 6.45) is 5.17. The molecule has 5 nitrogen and oxygen atoms in total. The number of carboxylic acids is 1. The molecule has 19 heavy (non-hydrogen) atoms. The van der Waals surface area contributed by atoms with E-state index in [-0.39, 0.29) is 18.1 Å². The van der Waals surface area contributed by atoms with E-state index in [4.69, 9.17) is 5.11 Å². The minimum Gasteiger partial charge on any atom is -0.480 e. The van der Waals surface area contributed by atoms with Crippen LogP contribution >= 0.6 is 0 Å². The van der Waals surface area contributed by atoms with Gasteiger partial charge in [-0.3, -0.25) is 0 Å². The minimum atomic E-state index is -0.943. The Morgan fingerprint density at radius 1 is 1.37 bits per heavy atom. The fourth-order valence-electron chi connectivity index (χ4n) is 2.73. The summed E-state index contributed by atoms with van der Waals surface area (Å²) < 4.78 is 0. The number of amides is 2. The Bertz CT molecular complexity index is 320. The number of carbonyl (C=O) groups excluding carboxylic acids is 1. The van der Waals surface area contributed by atoms with E-state index in [9.17, 15) is 9.59 Å². The van der Waals surface area contributed by atoms with Crippen molar-refractivity contribution >= 4 is 12.0 Å². The van der Waals surface area contributed by atoms with Crippen molar-refractivity contribution in [2.24, 2.45) is 0 Å². The van der Waals surface area contributed by atoms with Crippen LogP contribution in [0.5, 0.6) is 0 Å². The quantitative estimate of drug-likeness (QED) is 0.779. The molecule has 0 spiro atoms. The van der Waals surface area contributed by atoms with Crippen LogP contribution in [0.1, 0.15) is 59.3 Å². The lowest BCUT2D eigenvalue weighted by molar-refractivity contribution is -0.139. The highest BCUT2D eigenvalue weighted by atomic mass is 16.4. The smallest absolute Gasteiger partial charge is 0.326 e. The number of aliphatic carboxylic acids is 1. The average molecular weight is 270 g/mol. The fourth-order valence-corrected chi connectivity index (χ4v) is 2.73. The van der Waals surface area contributed by atoms with Crippen LogP contribution in [0.25, 0.3) is 0 Å². The Morgan fingerprint density at radius 2 is 2.05 bits per heavy atom. The highest BCUT2D eigenvalue weighted by molar-refractivity contribution is 5.83. The second-order valence-corrected chi connectivity index (χ2v) is 5.38. The molecule has 3 atom stereocenters. The number of unbranched alkanes of at least 4 members (excludes halogenated alkanes) is 1. The summed E-state index contributed by atoms with van der Waals surface area (Å²) in [4.78, 5) is 25.2. The monoisotopic (exact) mass is 270 g/mol. The van der Waals surface area contributed by atoms with Crippen molar-refractivity contribution < 1.29 is 14.7 Å². The first-order chi connectivity index (χ1) is 9.01. The van der Waals surface area contributed by atoms with Crippen molar-refractivity contribution in [1.82, 2.24) is 10.2 Å². The van der Waals surface area contributed by atoms with Gasteiger partial charge >= 0.3 is 12.0 Å². The number of urea groups is 1. The molecule has 5 heteroatoms. The van der Waals surface area contributed by atoms with Gasteiger partial charge in [0.05, 0.1) is 0 Å². The fraction of sp³-hybridized carbons (Fsp3) is 0.857. The number of carbonyl (C=O) groups is 2. The van der Waals surface area contributed by atoms with Crippen LogP contribution in [0, 0.1) is 0 Å². The Hall–Kier alpha value is -1.26. The second-order valence-electron chi connectivity index (χ2n) is 5.38. The Kier molecular flexibility index (Phi) is 6.12. The van der Waals surface area contributed by atoms with E-state index in [0.29, 0.717) is 6.42 Å². The summed E-state index contributed by atoms with van der Waals surface area (Å²) in [7, 11) is 0. The van der Waals surface area contributed by atoms with Gasteiger partial charge in [-0.25, -0.2) is 9.59 Å². The lowest BCUT2D eigenvalue weighted by Gasteiger charge is -2.29. The van der Waals surface area contributed by atoms with E-state index < -0.39 is 12.0 Å². The summed E-state index contributed by atoms with van der Waals surface area (Å²) in [5, 5.41) is 11.8. The molecule has 1 heterocycles. The Balaban J connectivity index is 2.62. The van der Waals surface area contributed by atoms with E-state index >= 15 is 0 Å². The molecule has 0 aromatic heterocycles.